The van der Waals surface area contributed by atoms with Crippen LogP contribution in [0.3, 0.4) is 0 Å². The van der Waals surface area contributed by atoms with Crippen molar-refractivity contribution in [2.75, 3.05) is 0 Å². The average Bonchev–Trinajstić information content (AvgIpc) is 3.29. The summed E-state index contributed by atoms with van der Waals surface area (Å²) >= 11 is 0. The number of carbonyl (C=O) groups excluding carboxylic acids is 3. The molecule has 5 aliphatic rings. The van der Waals surface area contributed by atoms with E-state index in [1.807, 2.05) is 0 Å². The van der Waals surface area contributed by atoms with Gasteiger partial charge in [0.1, 0.15) is 0 Å². The van der Waals surface area contributed by atoms with E-state index >= 15 is 0 Å². The Balaban J connectivity index is 1.30. The standard InChI is InChI=1S/C18H26N2O4/c1-9(16(21)20-18(23)19-14-2-3-14)24-17(22)15-12-5-10-4-11(7-12)8-13(15)6-10/h9-15H,2-8H2,1H3,(H2,19,20,21,23). The molecule has 0 spiro atoms. The Morgan fingerprint density at radius 3 is 2.08 bits per heavy atom. The second-order valence-electron chi connectivity index (χ2n) is 8.27. The topological polar surface area (TPSA) is 84.5 Å². The van der Waals surface area contributed by atoms with E-state index in [4.69, 9.17) is 4.74 Å². The van der Waals surface area contributed by atoms with Gasteiger partial charge in [-0.2, -0.15) is 0 Å². The summed E-state index contributed by atoms with van der Waals surface area (Å²) in [7, 11) is 0. The summed E-state index contributed by atoms with van der Waals surface area (Å²) < 4.78 is 5.43. The van der Waals surface area contributed by atoms with Gasteiger partial charge < -0.3 is 10.1 Å². The van der Waals surface area contributed by atoms with Crippen LogP contribution in [-0.4, -0.2) is 30.1 Å². The zero-order valence-corrected chi connectivity index (χ0v) is 14.1. The Bertz CT molecular complexity index is 529. The second kappa shape index (κ2) is 6.05. The van der Waals surface area contributed by atoms with Gasteiger partial charge in [0.2, 0.25) is 0 Å². The van der Waals surface area contributed by atoms with E-state index in [0.29, 0.717) is 11.8 Å². The molecule has 6 heteroatoms. The Morgan fingerprint density at radius 1 is 0.958 bits per heavy atom. The molecule has 1 atom stereocenters. The maximum Gasteiger partial charge on any atom is 0.321 e. The first-order valence-corrected chi connectivity index (χ1v) is 9.31. The van der Waals surface area contributed by atoms with Crippen molar-refractivity contribution in [3.05, 3.63) is 0 Å². The third-order valence-electron chi connectivity index (χ3n) is 6.31. The predicted molar refractivity (Wildman–Crippen MR) is 85.8 cm³/mol. The molecule has 24 heavy (non-hydrogen) atoms. The van der Waals surface area contributed by atoms with E-state index in [-0.39, 0.29) is 17.9 Å². The molecule has 0 aromatic carbocycles. The fourth-order valence-electron chi connectivity index (χ4n) is 5.28. The van der Waals surface area contributed by atoms with Crippen molar-refractivity contribution in [3.8, 4) is 0 Å². The van der Waals surface area contributed by atoms with Crippen molar-refractivity contribution >= 4 is 17.9 Å². The second-order valence-corrected chi connectivity index (χ2v) is 8.27. The van der Waals surface area contributed by atoms with Crippen LogP contribution < -0.4 is 10.6 Å². The van der Waals surface area contributed by atoms with Crippen LogP contribution in [0.4, 0.5) is 4.79 Å². The molecule has 0 radical (unpaired) electrons. The molecule has 2 N–H and O–H groups in total. The number of imide groups is 1. The monoisotopic (exact) mass is 334 g/mol. The lowest BCUT2D eigenvalue weighted by molar-refractivity contribution is -0.170. The largest absolute Gasteiger partial charge is 0.452 e. The molecule has 0 aromatic heterocycles. The molecule has 0 saturated heterocycles. The normalized spacial score (nSPS) is 37.6. The number of carbonyl (C=O) groups is 3. The maximum absolute atomic E-state index is 12.6. The van der Waals surface area contributed by atoms with Gasteiger partial charge in [-0.25, -0.2) is 4.79 Å². The Morgan fingerprint density at radius 2 is 1.54 bits per heavy atom. The first kappa shape index (κ1) is 15.9. The van der Waals surface area contributed by atoms with Crippen LogP contribution in [0.25, 0.3) is 0 Å². The Labute approximate surface area is 142 Å². The van der Waals surface area contributed by atoms with Crippen molar-refractivity contribution in [1.82, 2.24) is 10.6 Å². The summed E-state index contributed by atoms with van der Waals surface area (Å²) in [5.41, 5.74) is 0. The summed E-state index contributed by atoms with van der Waals surface area (Å²) in [5, 5.41) is 4.94. The summed E-state index contributed by atoms with van der Waals surface area (Å²) in [5.74, 6) is 1.61. The van der Waals surface area contributed by atoms with Crippen molar-refractivity contribution < 1.29 is 19.1 Å². The lowest BCUT2D eigenvalue weighted by Crippen LogP contribution is -2.50. The van der Waals surface area contributed by atoms with Gasteiger partial charge in [-0.3, -0.25) is 14.9 Å². The molecule has 5 rings (SSSR count). The quantitative estimate of drug-likeness (QED) is 0.770. The van der Waals surface area contributed by atoms with Crippen molar-refractivity contribution in [2.45, 2.75) is 64.0 Å². The minimum absolute atomic E-state index is 0.0478. The summed E-state index contributed by atoms with van der Waals surface area (Å²) in [4.78, 5) is 36.3. The zero-order chi connectivity index (χ0) is 16.8. The number of ether oxygens (including phenoxy) is 1. The van der Waals surface area contributed by atoms with Gasteiger partial charge in [0.05, 0.1) is 5.92 Å². The average molecular weight is 334 g/mol. The number of hydrogen-bond donors (Lipinski definition) is 2. The predicted octanol–water partition coefficient (Wildman–Crippen LogP) is 1.98. The smallest absolute Gasteiger partial charge is 0.321 e. The molecule has 1 unspecified atom stereocenters. The minimum atomic E-state index is -0.931. The van der Waals surface area contributed by atoms with E-state index in [1.165, 1.54) is 13.3 Å². The van der Waals surface area contributed by atoms with Crippen molar-refractivity contribution in [1.29, 1.82) is 0 Å². The molecule has 0 heterocycles. The molecule has 132 valence electrons. The fourth-order valence-corrected chi connectivity index (χ4v) is 5.28. The van der Waals surface area contributed by atoms with Crippen molar-refractivity contribution in [3.63, 3.8) is 0 Å². The van der Waals surface area contributed by atoms with Crippen molar-refractivity contribution in [2.24, 2.45) is 29.6 Å². The molecule has 4 bridgehead atoms. The van der Waals surface area contributed by atoms with Gasteiger partial charge in [-0.05, 0) is 75.5 Å². The van der Waals surface area contributed by atoms with E-state index in [0.717, 1.165) is 50.4 Å². The van der Waals surface area contributed by atoms with Gasteiger partial charge in [-0.1, -0.05) is 0 Å². The highest BCUT2D eigenvalue weighted by Gasteiger charge is 2.51. The molecular formula is C18H26N2O4. The van der Waals surface area contributed by atoms with Crippen LogP contribution in [-0.2, 0) is 14.3 Å². The van der Waals surface area contributed by atoms with Crippen LogP contribution in [0.15, 0.2) is 0 Å². The molecule has 5 saturated carbocycles. The number of esters is 1. The summed E-state index contributed by atoms with van der Waals surface area (Å²) in [6.45, 7) is 1.54. The number of urea groups is 1. The van der Waals surface area contributed by atoms with Gasteiger partial charge in [0, 0.05) is 6.04 Å². The highest BCUT2D eigenvalue weighted by atomic mass is 16.5. The minimum Gasteiger partial charge on any atom is -0.452 e. The molecule has 0 aliphatic heterocycles. The Hall–Kier alpha value is -1.59. The third kappa shape index (κ3) is 3.15. The van der Waals surface area contributed by atoms with Gasteiger partial charge in [0.15, 0.2) is 6.10 Å². The number of rotatable bonds is 4. The highest BCUT2D eigenvalue weighted by Crippen LogP contribution is 2.56. The van der Waals surface area contributed by atoms with Gasteiger partial charge in [0.25, 0.3) is 5.91 Å². The molecule has 0 aromatic rings. The first-order chi connectivity index (χ1) is 11.5. The van der Waals surface area contributed by atoms with Crippen LogP contribution in [0.1, 0.15) is 51.9 Å². The molecule has 5 aliphatic carbocycles. The number of hydrogen-bond acceptors (Lipinski definition) is 4. The molecular weight excluding hydrogens is 308 g/mol. The molecule has 5 fully saturated rings. The highest BCUT2D eigenvalue weighted by molar-refractivity contribution is 5.97. The Kier molecular flexibility index (Phi) is 4.01. The van der Waals surface area contributed by atoms with E-state index < -0.39 is 18.0 Å². The zero-order valence-electron chi connectivity index (χ0n) is 14.1. The van der Waals surface area contributed by atoms with Gasteiger partial charge in [-0.15, -0.1) is 0 Å². The molecule has 3 amide bonds. The van der Waals surface area contributed by atoms with E-state index in [2.05, 4.69) is 10.6 Å². The van der Waals surface area contributed by atoms with Crippen LogP contribution in [0.2, 0.25) is 0 Å². The fraction of sp³-hybridized carbons (Fsp3) is 0.833. The lowest BCUT2D eigenvalue weighted by Gasteiger charge is -2.53. The van der Waals surface area contributed by atoms with Crippen LogP contribution in [0, 0.1) is 29.6 Å². The SMILES string of the molecule is CC(OC(=O)C1C2CC3CC(C2)CC1C3)C(=O)NC(=O)NC1CC1. The van der Waals surface area contributed by atoms with Crippen LogP contribution >= 0.6 is 0 Å². The summed E-state index contributed by atoms with van der Waals surface area (Å²) in [6.07, 6.45) is 6.86. The van der Waals surface area contributed by atoms with E-state index in [9.17, 15) is 14.4 Å². The van der Waals surface area contributed by atoms with Crippen LogP contribution in [0.5, 0.6) is 0 Å². The lowest BCUT2D eigenvalue weighted by atomic mass is 9.52. The number of amides is 3. The maximum atomic E-state index is 12.6. The van der Waals surface area contributed by atoms with E-state index in [1.54, 1.807) is 0 Å². The summed E-state index contributed by atoms with van der Waals surface area (Å²) in [6, 6.07) is -0.316. The first-order valence-electron chi connectivity index (χ1n) is 9.31. The molecule has 6 nitrogen and oxygen atoms in total. The third-order valence-corrected chi connectivity index (χ3v) is 6.31. The van der Waals surface area contributed by atoms with Gasteiger partial charge >= 0.3 is 12.0 Å². The number of nitrogens with one attached hydrogen (secondary N) is 2.